The summed E-state index contributed by atoms with van der Waals surface area (Å²) >= 11 is 1.41. The molecule has 108 valence electrons. The molecule has 5 nitrogen and oxygen atoms in total. The topological polar surface area (TPSA) is 69.2 Å². The van der Waals surface area contributed by atoms with Gasteiger partial charge in [0.2, 0.25) is 0 Å². The van der Waals surface area contributed by atoms with Crippen LogP contribution in [-0.4, -0.2) is 38.7 Å². The van der Waals surface area contributed by atoms with E-state index < -0.39 is 0 Å². The average molecular weight is 293 g/mol. The molecule has 0 bridgehead atoms. The van der Waals surface area contributed by atoms with Crippen molar-refractivity contribution in [3.63, 3.8) is 0 Å². The van der Waals surface area contributed by atoms with Gasteiger partial charge in [0, 0.05) is 6.04 Å². The molecule has 0 aromatic carbocycles. The first-order valence-corrected chi connectivity index (χ1v) is 7.91. The van der Waals surface area contributed by atoms with Crippen LogP contribution in [0.15, 0.2) is 16.2 Å². The molecule has 1 saturated heterocycles. The molecule has 0 aliphatic carbocycles. The maximum absolute atomic E-state index is 12.0. The Morgan fingerprint density at radius 2 is 2.45 bits per heavy atom. The van der Waals surface area contributed by atoms with Gasteiger partial charge in [-0.2, -0.15) is 0 Å². The Bertz CT molecular complexity index is 649. The van der Waals surface area contributed by atoms with E-state index in [-0.39, 0.29) is 17.7 Å². The van der Waals surface area contributed by atoms with Gasteiger partial charge >= 0.3 is 0 Å². The summed E-state index contributed by atoms with van der Waals surface area (Å²) in [5.41, 5.74) is 0.699. The van der Waals surface area contributed by atoms with Crippen LogP contribution in [0.3, 0.4) is 0 Å². The zero-order valence-corrected chi connectivity index (χ0v) is 12.3. The maximum Gasteiger partial charge on any atom is 0.268 e. The van der Waals surface area contributed by atoms with E-state index in [1.54, 1.807) is 0 Å². The van der Waals surface area contributed by atoms with Crippen molar-refractivity contribution >= 4 is 21.6 Å². The van der Waals surface area contributed by atoms with Gasteiger partial charge in [-0.3, -0.25) is 9.69 Å². The number of thiophene rings is 1. The molecule has 1 fully saturated rings. The van der Waals surface area contributed by atoms with Crippen LogP contribution in [0.1, 0.15) is 32.0 Å². The van der Waals surface area contributed by atoms with Crippen LogP contribution in [-0.2, 0) is 6.54 Å². The Kier molecular flexibility index (Phi) is 3.87. The van der Waals surface area contributed by atoms with Crippen molar-refractivity contribution in [2.75, 3.05) is 6.54 Å². The van der Waals surface area contributed by atoms with Crippen molar-refractivity contribution < 1.29 is 5.11 Å². The molecular weight excluding hydrogens is 274 g/mol. The van der Waals surface area contributed by atoms with Gasteiger partial charge in [-0.15, -0.1) is 11.3 Å². The molecular formula is C14H19N3O2S. The number of nitrogens with zero attached hydrogens (tertiary/aromatic N) is 2. The maximum atomic E-state index is 12.0. The van der Waals surface area contributed by atoms with Crippen LogP contribution in [0, 0.1) is 0 Å². The first-order chi connectivity index (χ1) is 9.65. The lowest BCUT2D eigenvalue weighted by molar-refractivity contribution is 0.0302. The monoisotopic (exact) mass is 293 g/mol. The van der Waals surface area contributed by atoms with Crippen LogP contribution in [0.2, 0.25) is 0 Å². The molecule has 0 radical (unpaired) electrons. The van der Waals surface area contributed by atoms with Gasteiger partial charge in [-0.1, -0.05) is 6.42 Å². The number of hydrogen-bond donors (Lipinski definition) is 2. The lowest BCUT2D eigenvalue weighted by atomic mass is 9.98. The van der Waals surface area contributed by atoms with Crippen molar-refractivity contribution in [1.29, 1.82) is 0 Å². The van der Waals surface area contributed by atoms with E-state index in [0.717, 1.165) is 31.3 Å². The SMILES string of the molecule is CC(O)C1CCCCN1Cc1nc2ccsc2c(=O)[nH]1. The van der Waals surface area contributed by atoms with Gasteiger partial charge in [-0.25, -0.2) is 4.98 Å². The normalized spacial score (nSPS) is 22.2. The molecule has 3 heterocycles. The second-order valence-electron chi connectivity index (χ2n) is 5.42. The lowest BCUT2D eigenvalue weighted by Crippen LogP contribution is -2.45. The highest BCUT2D eigenvalue weighted by atomic mass is 32.1. The van der Waals surface area contributed by atoms with Crippen LogP contribution in [0.4, 0.5) is 0 Å². The molecule has 1 aliphatic rings. The summed E-state index contributed by atoms with van der Waals surface area (Å²) in [6.45, 7) is 3.37. The third-order valence-corrected chi connectivity index (χ3v) is 4.84. The molecule has 20 heavy (non-hydrogen) atoms. The zero-order valence-electron chi connectivity index (χ0n) is 11.5. The number of aromatic nitrogens is 2. The quantitative estimate of drug-likeness (QED) is 0.904. The summed E-state index contributed by atoms with van der Waals surface area (Å²) in [5.74, 6) is 0.688. The fraction of sp³-hybridized carbons (Fsp3) is 0.571. The number of fused-ring (bicyclic) bond motifs is 1. The smallest absolute Gasteiger partial charge is 0.268 e. The predicted molar refractivity (Wildman–Crippen MR) is 80.0 cm³/mol. The number of aliphatic hydroxyl groups excluding tert-OH is 1. The number of rotatable bonds is 3. The number of H-pyrrole nitrogens is 1. The molecule has 2 unspecified atom stereocenters. The van der Waals surface area contributed by atoms with Crippen LogP contribution in [0.5, 0.6) is 0 Å². The second-order valence-corrected chi connectivity index (χ2v) is 6.34. The number of aliphatic hydroxyl groups is 1. The molecule has 0 saturated carbocycles. The van der Waals surface area contributed by atoms with E-state index in [1.165, 1.54) is 11.3 Å². The van der Waals surface area contributed by atoms with Gasteiger partial charge in [0.1, 0.15) is 10.5 Å². The van der Waals surface area contributed by atoms with E-state index in [9.17, 15) is 9.90 Å². The predicted octanol–water partition coefficient (Wildman–Crippen LogP) is 1.72. The third-order valence-electron chi connectivity index (χ3n) is 3.94. The minimum absolute atomic E-state index is 0.0643. The Labute approximate surface area is 121 Å². The molecule has 2 N–H and O–H groups in total. The number of nitrogens with one attached hydrogen (secondary N) is 1. The molecule has 2 aromatic rings. The molecule has 6 heteroatoms. The second kappa shape index (κ2) is 5.63. The van der Waals surface area contributed by atoms with Gasteiger partial charge in [0.15, 0.2) is 0 Å². The van der Waals surface area contributed by atoms with Crippen molar-refractivity contribution in [3.05, 3.63) is 27.6 Å². The first kappa shape index (κ1) is 13.7. The Hall–Kier alpha value is -1.24. The molecule has 2 atom stereocenters. The van der Waals surface area contributed by atoms with E-state index in [1.807, 2.05) is 18.4 Å². The summed E-state index contributed by atoms with van der Waals surface area (Å²) in [6.07, 6.45) is 2.93. The lowest BCUT2D eigenvalue weighted by Gasteiger charge is -2.37. The van der Waals surface area contributed by atoms with Crippen molar-refractivity contribution in [2.45, 2.75) is 44.9 Å². The summed E-state index contributed by atoms with van der Waals surface area (Å²) in [6, 6.07) is 2.04. The van der Waals surface area contributed by atoms with Crippen LogP contribution < -0.4 is 5.56 Å². The summed E-state index contributed by atoms with van der Waals surface area (Å²) < 4.78 is 0.680. The Balaban J connectivity index is 1.86. The van der Waals surface area contributed by atoms with E-state index in [0.29, 0.717) is 17.1 Å². The molecule has 1 aliphatic heterocycles. The Morgan fingerprint density at radius 1 is 1.60 bits per heavy atom. The van der Waals surface area contributed by atoms with Gasteiger partial charge in [0.05, 0.1) is 18.2 Å². The van der Waals surface area contributed by atoms with Gasteiger partial charge in [0.25, 0.3) is 5.56 Å². The van der Waals surface area contributed by atoms with Crippen molar-refractivity contribution in [3.8, 4) is 0 Å². The molecule has 0 amide bonds. The summed E-state index contributed by atoms with van der Waals surface area (Å²) in [4.78, 5) is 21.6. The average Bonchev–Trinajstić information content (AvgIpc) is 2.88. The molecule has 2 aromatic heterocycles. The highest BCUT2D eigenvalue weighted by Gasteiger charge is 2.26. The zero-order chi connectivity index (χ0) is 14.1. The number of aromatic amines is 1. The standard InChI is InChI=1S/C14H19N3O2S/c1-9(18)11-4-2-3-6-17(11)8-12-15-10-5-7-20-13(10)14(19)16-12/h5,7,9,11,18H,2-4,6,8H2,1H3,(H,15,16,19). The highest BCUT2D eigenvalue weighted by molar-refractivity contribution is 7.17. The molecule has 3 rings (SSSR count). The number of likely N-dealkylation sites (tertiary alicyclic amines) is 1. The number of piperidine rings is 1. The minimum atomic E-state index is -0.355. The van der Waals surface area contributed by atoms with Crippen molar-refractivity contribution in [2.24, 2.45) is 0 Å². The van der Waals surface area contributed by atoms with Gasteiger partial charge in [-0.05, 0) is 37.8 Å². The fourth-order valence-electron chi connectivity index (χ4n) is 2.95. The Morgan fingerprint density at radius 3 is 3.25 bits per heavy atom. The van der Waals surface area contributed by atoms with Gasteiger partial charge < -0.3 is 10.1 Å². The van der Waals surface area contributed by atoms with Crippen LogP contribution >= 0.6 is 11.3 Å². The van der Waals surface area contributed by atoms with E-state index >= 15 is 0 Å². The summed E-state index contributed by atoms with van der Waals surface area (Å²) in [7, 11) is 0. The first-order valence-electron chi connectivity index (χ1n) is 7.03. The highest BCUT2D eigenvalue weighted by Crippen LogP contribution is 2.21. The summed E-state index contributed by atoms with van der Waals surface area (Å²) in [5, 5.41) is 11.8. The van der Waals surface area contributed by atoms with Crippen LogP contribution in [0.25, 0.3) is 10.2 Å². The van der Waals surface area contributed by atoms with Crippen molar-refractivity contribution in [1.82, 2.24) is 14.9 Å². The molecule has 0 spiro atoms. The number of hydrogen-bond acceptors (Lipinski definition) is 5. The largest absolute Gasteiger partial charge is 0.392 e. The third kappa shape index (κ3) is 2.63. The fourth-order valence-corrected chi connectivity index (χ4v) is 3.67. The minimum Gasteiger partial charge on any atom is -0.392 e. The van der Waals surface area contributed by atoms with E-state index in [4.69, 9.17) is 0 Å². The van der Waals surface area contributed by atoms with E-state index in [2.05, 4.69) is 14.9 Å².